The maximum absolute atomic E-state index is 11.4. The molecule has 0 aliphatic rings. The molecule has 1 heterocycles. The van der Waals surface area contributed by atoms with Gasteiger partial charge in [-0.15, -0.1) is 0 Å². The molecule has 0 unspecified atom stereocenters. The number of hydrogen-bond donors (Lipinski definition) is 1. The molecule has 0 aromatic carbocycles. The van der Waals surface area contributed by atoms with Crippen molar-refractivity contribution in [1.82, 2.24) is 4.98 Å². The summed E-state index contributed by atoms with van der Waals surface area (Å²) in [6, 6.07) is 3.66. The predicted molar refractivity (Wildman–Crippen MR) is 56.9 cm³/mol. The number of Topliss-reactive ketones (excluding diaryl/α,β-unsaturated/α-hetero) is 1. The Bertz CT molecular complexity index is 310. The minimum Gasteiger partial charge on any atom is -0.383 e. The van der Waals surface area contributed by atoms with E-state index in [0.29, 0.717) is 18.7 Å². The van der Waals surface area contributed by atoms with E-state index in [1.54, 1.807) is 12.3 Å². The highest BCUT2D eigenvalue weighted by atomic mass is 16.1. The number of nitrogen functional groups attached to an aromatic ring is 1. The molecular weight excluding hydrogens is 176 g/mol. The fourth-order valence-corrected chi connectivity index (χ4v) is 1.28. The third-order valence-electron chi connectivity index (χ3n) is 2.12. The molecule has 1 aromatic heterocycles. The van der Waals surface area contributed by atoms with E-state index in [0.717, 1.165) is 18.4 Å². The van der Waals surface area contributed by atoms with Gasteiger partial charge in [0.1, 0.15) is 11.6 Å². The Morgan fingerprint density at radius 2 is 2.36 bits per heavy atom. The minimum absolute atomic E-state index is 0.242. The molecule has 1 rings (SSSR count). The van der Waals surface area contributed by atoms with Crippen LogP contribution in [0.15, 0.2) is 18.3 Å². The number of rotatable bonds is 5. The molecule has 2 N–H and O–H groups in total. The van der Waals surface area contributed by atoms with Crippen molar-refractivity contribution in [2.75, 3.05) is 5.73 Å². The molecule has 0 saturated carbocycles. The number of anilines is 1. The van der Waals surface area contributed by atoms with Gasteiger partial charge in [-0.2, -0.15) is 0 Å². The Morgan fingerprint density at radius 1 is 1.57 bits per heavy atom. The number of nitrogens with two attached hydrogens (primary N) is 1. The number of carbonyl (C=O) groups is 1. The summed E-state index contributed by atoms with van der Waals surface area (Å²) >= 11 is 0. The molecule has 0 atom stereocenters. The number of carbonyl (C=O) groups excluding carboxylic acids is 1. The van der Waals surface area contributed by atoms with Crippen LogP contribution in [0.2, 0.25) is 0 Å². The van der Waals surface area contributed by atoms with Crippen molar-refractivity contribution in [3.63, 3.8) is 0 Å². The first kappa shape index (κ1) is 10.7. The van der Waals surface area contributed by atoms with E-state index in [1.165, 1.54) is 0 Å². The molecule has 0 aliphatic carbocycles. The summed E-state index contributed by atoms with van der Waals surface area (Å²) in [5.74, 6) is 0.712. The lowest BCUT2D eigenvalue weighted by Crippen LogP contribution is -2.05. The first-order chi connectivity index (χ1) is 6.74. The largest absolute Gasteiger partial charge is 0.383 e. The summed E-state index contributed by atoms with van der Waals surface area (Å²) in [5, 5.41) is 0. The quantitative estimate of drug-likeness (QED) is 0.776. The number of nitrogens with zero attached hydrogens (tertiary/aromatic N) is 1. The van der Waals surface area contributed by atoms with Gasteiger partial charge in [0.05, 0.1) is 0 Å². The first-order valence-corrected chi connectivity index (χ1v) is 4.95. The zero-order valence-electron chi connectivity index (χ0n) is 8.49. The zero-order valence-corrected chi connectivity index (χ0v) is 8.49. The molecule has 1 aromatic rings. The Kier molecular flexibility index (Phi) is 4.11. The normalized spacial score (nSPS) is 10.1. The fraction of sp³-hybridized carbons (Fsp3) is 0.455. The molecule has 0 spiro atoms. The smallest absolute Gasteiger partial charge is 0.137 e. The third-order valence-corrected chi connectivity index (χ3v) is 2.12. The standard InChI is InChI=1S/C11H16N2O/c1-2-3-6-10(14)8-9-5-4-7-13-11(9)12/h4-5,7H,2-3,6,8H2,1H3,(H2,12,13). The van der Waals surface area contributed by atoms with Crippen molar-refractivity contribution >= 4 is 11.6 Å². The van der Waals surface area contributed by atoms with E-state index in [4.69, 9.17) is 5.73 Å². The van der Waals surface area contributed by atoms with E-state index in [-0.39, 0.29) is 5.78 Å². The fourth-order valence-electron chi connectivity index (χ4n) is 1.28. The number of unbranched alkanes of at least 4 members (excludes halogenated alkanes) is 1. The van der Waals surface area contributed by atoms with E-state index >= 15 is 0 Å². The van der Waals surface area contributed by atoms with Gasteiger partial charge >= 0.3 is 0 Å². The molecule has 3 heteroatoms. The van der Waals surface area contributed by atoms with E-state index in [9.17, 15) is 4.79 Å². The lowest BCUT2D eigenvalue weighted by molar-refractivity contribution is -0.118. The SMILES string of the molecule is CCCCC(=O)Cc1cccnc1N. The molecule has 0 fully saturated rings. The van der Waals surface area contributed by atoms with E-state index < -0.39 is 0 Å². The van der Waals surface area contributed by atoms with Gasteiger partial charge in [0.2, 0.25) is 0 Å². The molecule has 76 valence electrons. The summed E-state index contributed by atoms with van der Waals surface area (Å²) in [6.07, 6.45) is 4.70. The van der Waals surface area contributed by atoms with Crippen LogP contribution in [0.4, 0.5) is 5.82 Å². The van der Waals surface area contributed by atoms with Crippen LogP contribution in [0.5, 0.6) is 0 Å². The second-order valence-corrected chi connectivity index (χ2v) is 3.37. The van der Waals surface area contributed by atoms with Gasteiger partial charge in [-0.3, -0.25) is 4.79 Å². The monoisotopic (exact) mass is 192 g/mol. The molecule has 0 amide bonds. The highest BCUT2D eigenvalue weighted by molar-refractivity contribution is 5.81. The average molecular weight is 192 g/mol. The summed E-state index contributed by atoms with van der Waals surface area (Å²) in [7, 11) is 0. The number of hydrogen-bond acceptors (Lipinski definition) is 3. The molecule has 0 bridgehead atoms. The van der Waals surface area contributed by atoms with Crippen LogP contribution in [0.1, 0.15) is 31.7 Å². The maximum Gasteiger partial charge on any atom is 0.137 e. The summed E-state index contributed by atoms with van der Waals surface area (Å²) in [4.78, 5) is 15.4. The van der Waals surface area contributed by atoms with Gasteiger partial charge in [0, 0.05) is 24.6 Å². The van der Waals surface area contributed by atoms with Gasteiger partial charge in [0.15, 0.2) is 0 Å². The van der Waals surface area contributed by atoms with Crippen LogP contribution >= 0.6 is 0 Å². The van der Waals surface area contributed by atoms with Crippen LogP contribution in [0.3, 0.4) is 0 Å². The Morgan fingerprint density at radius 3 is 3.00 bits per heavy atom. The molecule has 0 radical (unpaired) electrons. The first-order valence-electron chi connectivity index (χ1n) is 4.95. The van der Waals surface area contributed by atoms with E-state index in [2.05, 4.69) is 11.9 Å². The van der Waals surface area contributed by atoms with Gasteiger partial charge < -0.3 is 5.73 Å². The summed E-state index contributed by atoms with van der Waals surface area (Å²) < 4.78 is 0. The Labute approximate surface area is 84.3 Å². The topological polar surface area (TPSA) is 56.0 Å². The molecule has 3 nitrogen and oxygen atoms in total. The van der Waals surface area contributed by atoms with Gasteiger partial charge in [-0.25, -0.2) is 4.98 Å². The molecular formula is C11H16N2O. The molecule has 0 aliphatic heterocycles. The lowest BCUT2D eigenvalue weighted by Gasteiger charge is -2.02. The highest BCUT2D eigenvalue weighted by Gasteiger charge is 2.05. The second kappa shape index (κ2) is 5.37. The van der Waals surface area contributed by atoms with Crippen LogP contribution < -0.4 is 5.73 Å². The third kappa shape index (κ3) is 3.17. The second-order valence-electron chi connectivity index (χ2n) is 3.37. The molecule has 14 heavy (non-hydrogen) atoms. The van der Waals surface area contributed by atoms with Crippen molar-refractivity contribution < 1.29 is 4.79 Å². The van der Waals surface area contributed by atoms with Crippen molar-refractivity contribution in [3.8, 4) is 0 Å². The summed E-state index contributed by atoms with van der Waals surface area (Å²) in [6.45, 7) is 2.08. The van der Waals surface area contributed by atoms with Crippen molar-refractivity contribution in [3.05, 3.63) is 23.9 Å². The van der Waals surface area contributed by atoms with Gasteiger partial charge in [-0.1, -0.05) is 19.4 Å². The molecule has 0 saturated heterocycles. The average Bonchev–Trinajstić information content (AvgIpc) is 2.18. The summed E-state index contributed by atoms with van der Waals surface area (Å²) in [5.41, 5.74) is 6.48. The van der Waals surface area contributed by atoms with Crippen LogP contribution in [-0.4, -0.2) is 10.8 Å². The number of aromatic nitrogens is 1. The number of ketones is 1. The lowest BCUT2D eigenvalue weighted by atomic mass is 10.1. The Hall–Kier alpha value is -1.38. The predicted octanol–water partition coefficient (Wildman–Crippen LogP) is 1.97. The van der Waals surface area contributed by atoms with Crippen molar-refractivity contribution in [2.24, 2.45) is 0 Å². The maximum atomic E-state index is 11.4. The van der Waals surface area contributed by atoms with Crippen LogP contribution in [0.25, 0.3) is 0 Å². The van der Waals surface area contributed by atoms with Crippen LogP contribution in [-0.2, 0) is 11.2 Å². The number of pyridine rings is 1. The Balaban J connectivity index is 2.52. The van der Waals surface area contributed by atoms with Crippen molar-refractivity contribution in [1.29, 1.82) is 0 Å². The van der Waals surface area contributed by atoms with Crippen LogP contribution in [0, 0.1) is 0 Å². The highest BCUT2D eigenvalue weighted by Crippen LogP contribution is 2.09. The van der Waals surface area contributed by atoms with Crippen molar-refractivity contribution in [2.45, 2.75) is 32.6 Å². The van der Waals surface area contributed by atoms with Gasteiger partial charge in [0.25, 0.3) is 0 Å². The zero-order chi connectivity index (χ0) is 10.4. The minimum atomic E-state index is 0.242. The van der Waals surface area contributed by atoms with E-state index in [1.807, 2.05) is 6.07 Å². The van der Waals surface area contributed by atoms with Gasteiger partial charge in [-0.05, 0) is 12.5 Å².